The van der Waals surface area contributed by atoms with Gasteiger partial charge in [0, 0.05) is 0 Å². The molecule has 0 aliphatic rings. The summed E-state index contributed by atoms with van der Waals surface area (Å²) in [5.41, 5.74) is 0. The van der Waals surface area contributed by atoms with Crippen molar-refractivity contribution in [3.8, 4) is 0 Å². The van der Waals surface area contributed by atoms with Gasteiger partial charge >= 0.3 is 224 Å². The van der Waals surface area contributed by atoms with E-state index in [2.05, 4.69) is 0 Å². The zero-order chi connectivity index (χ0) is 28.1. The van der Waals surface area contributed by atoms with Gasteiger partial charge in [-0.1, -0.05) is 0 Å². The molecule has 14 heteroatoms. The molecule has 12 nitrogen and oxygen atoms in total. The topological polar surface area (TPSA) is 158 Å². The van der Waals surface area contributed by atoms with Gasteiger partial charge < -0.3 is 0 Å². The maximum atomic E-state index is 12.6. The van der Waals surface area contributed by atoms with Crippen LogP contribution in [0.3, 0.4) is 0 Å². The van der Waals surface area contributed by atoms with E-state index in [-0.39, 0.29) is 25.7 Å². The summed E-state index contributed by atoms with van der Waals surface area (Å²) in [6.07, 6.45) is -1.07. The molecule has 0 amide bonds. The predicted molar refractivity (Wildman–Crippen MR) is 129 cm³/mol. The van der Waals surface area contributed by atoms with Crippen LogP contribution in [0.15, 0.2) is 0 Å². The van der Waals surface area contributed by atoms with E-state index >= 15 is 0 Å². The van der Waals surface area contributed by atoms with Gasteiger partial charge in [-0.3, -0.25) is 0 Å². The van der Waals surface area contributed by atoms with E-state index in [0.717, 1.165) is 0 Å². The summed E-state index contributed by atoms with van der Waals surface area (Å²) >= 11 is -10.1. The van der Waals surface area contributed by atoms with Gasteiger partial charge in [-0.2, -0.15) is 0 Å². The minimum atomic E-state index is -5.05. The van der Waals surface area contributed by atoms with Crippen LogP contribution in [0.25, 0.3) is 0 Å². The SMILES string of the molecule is CCC(=O)[O][Sn]([O]C(=O)CC)([O]C(=O)CCC(=O)[O][Sn]([O]C(=O)CC)([O]C(=O)CC)[CH](C)C)[CH](C)C. The van der Waals surface area contributed by atoms with Gasteiger partial charge in [-0.05, 0) is 0 Å². The maximum absolute atomic E-state index is 12.6. The first-order valence-corrected chi connectivity index (χ1v) is 22.3. The van der Waals surface area contributed by atoms with Crippen LogP contribution in [0, 0.1) is 0 Å². The number of hydrogen-bond donors (Lipinski definition) is 0. The van der Waals surface area contributed by atoms with Gasteiger partial charge in [0.05, 0.1) is 0 Å². The molecule has 0 saturated carbocycles. The number of carbonyl (C=O) groups is 6. The van der Waals surface area contributed by atoms with E-state index in [9.17, 15) is 28.8 Å². The molecule has 0 aliphatic carbocycles. The molecule has 0 rings (SSSR count). The summed E-state index contributed by atoms with van der Waals surface area (Å²) < 4.78 is 31.3. The second-order valence-electron chi connectivity index (χ2n) is 8.28. The second-order valence-corrected chi connectivity index (χ2v) is 25.3. The number of rotatable bonds is 15. The number of hydrogen-bond acceptors (Lipinski definition) is 12. The van der Waals surface area contributed by atoms with E-state index in [1.165, 1.54) is 0 Å². The van der Waals surface area contributed by atoms with Crippen LogP contribution in [0.2, 0.25) is 7.87 Å². The zero-order valence-corrected chi connectivity index (χ0v) is 28.0. The fraction of sp³-hybridized carbons (Fsp3) is 0.727. The second kappa shape index (κ2) is 16.3. The Labute approximate surface area is 223 Å². The Morgan fingerprint density at radius 1 is 0.444 bits per heavy atom. The molecule has 0 aromatic heterocycles. The Morgan fingerprint density at radius 3 is 0.806 bits per heavy atom. The fourth-order valence-corrected chi connectivity index (χ4v) is 14.8. The van der Waals surface area contributed by atoms with Crippen LogP contribution < -0.4 is 0 Å². The van der Waals surface area contributed by atoms with Gasteiger partial charge in [-0.15, -0.1) is 0 Å². The van der Waals surface area contributed by atoms with Crippen molar-refractivity contribution in [2.24, 2.45) is 0 Å². The average Bonchev–Trinajstić information content (AvgIpc) is 2.81. The normalized spacial score (nSPS) is 11.5. The van der Waals surface area contributed by atoms with Crippen molar-refractivity contribution in [3.05, 3.63) is 0 Å². The molecule has 0 bridgehead atoms. The first-order chi connectivity index (χ1) is 16.7. The Balaban J connectivity index is 5.64. The van der Waals surface area contributed by atoms with E-state index in [1.54, 1.807) is 55.4 Å². The summed E-state index contributed by atoms with van der Waals surface area (Å²) in [5.74, 6) is -4.57. The quantitative estimate of drug-likeness (QED) is 0.227. The Kier molecular flexibility index (Phi) is 15.6. The molecule has 0 spiro atoms. The van der Waals surface area contributed by atoms with E-state index in [4.69, 9.17) is 18.4 Å². The van der Waals surface area contributed by atoms with Crippen LogP contribution >= 0.6 is 0 Å². The van der Waals surface area contributed by atoms with Crippen molar-refractivity contribution in [2.75, 3.05) is 0 Å². The molecule has 0 aromatic carbocycles. The van der Waals surface area contributed by atoms with E-state index in [0.29, 0.717) is 0 Å². The van der Waals surface area contributed by atoms with Crippen molar-refractivity contribution in [2.45, 2.75) is 102 Å². The molecular weight excluding hydrogens is 694 g/mol. The van der Waals surface area contributed by atoms with Gasteiger partial charge in [0.2, 0.25) is 0 Å². The Hall–Kier alpha value is -1.58. The first kappa shape index (κ1) is 34.4. The van der Waals surface area contributed by atoms with Crippen LogP contribution in [0.5, 0.6) is 0 Å². The van der Waals surface area contributed by atoms with Gasteiger partial charge in [0.25, 0.3) is 0 Å². The molecule has 0 radical (unpaired) electrons. The molecule has 0 heterocycles. The molecule has 206 valence electrons. The third-order valence-electron chi connectivity index (χ3n) is 4.64. The monoisotopic (exact) mass is 734 g/mol. The summed E-state index contributed by atoms with van der Waals surface area (Å²) in [5, 5.41) is 0. The summed E-state index contributed by atoms with van der Waals surface area (Å²) in [6, 6.07) is 0. The van der Waals surface area contributed by atoms with E-state index < -0.39 is 95.8 Å². The Morgan fingerprint density at radius 2 is 0.639 bits per heavy atom. The van der Waals surface area contributed by atoms with Crippen molar-refractivity contribution < 1.29 is 47.2 Å². The van der Waals surface area contributed by atoms with Crippen LogP contribution in [0.1, 0.15) is 93.9 Å². The van der Waals surface area contributed by atoms with Gasteiger partial charge in [0.1, 0.15) is 0 Å². The van der Waals surface area contributed by atoms with Crippen LogP contribution in [-0.4, -0.2) is 75.1 Å². The molecule has 0 unspecified atom stereocenters. The molecule has 0 atom stereocenters. The van der Waals surface area contributed by atoms with E-state index in [1.807, 2.05) is 0 Å². The molecule has 0 N–H and O–H groups in total. The predicted octanol–water partition coefficient (Wildman–Crippen LogP) is 3.36. The Bertz CT molecular complexity index is 707. The first-order valence-electron chi connectivity index (χ1n) is 12.0. The van der Waals surface area contributed by atoms with Crippen LogP contribution in [0.4, 0.5) is 0 Å². The van der Waals surface area contributed by atoms with Crippen molar-refractivity contribution >= 4 is 75.1 Å². The third kappa shape index (κ3) is 11.2. The van der Waals surface area contributed by atoms with Crippen LogP contribution in [-0.2, 0) is 47.2 Å². The summed E-state index contributed by atoms with van der Waals surface area (Å²) in [7, 11) is 0. The molecular formula is C22H38O12Sn2. The molecule has 0 aromatic rings. The fourth-order valence-electron chi connectivity index (χ4n) is 2.38. The van der Waals surface area contributed by atoms with Crippen molar-refractivity contribution in [1.82, 2.24) is 0 Å². The molecule has 36 heavy (non-hydrogen) atoms. The van der Waals surface area contributed by atoms with Crippen molar-refractivity contribution in [3.63, 3.8) is 0 Å². The number of carbonyl (C=O) groups excluding carboxylic acids is 6. The van der Waals surface area contributed by atoms with Gasteiger partial charge in [-0.25, -0.2) is 0 Å². The average molecular weight is 732 g/mol. The standard InChI is InChI=1S/C4H6O4.4C3H6O2.2C3H7.2Sn/c5-3(6)1-2-4(7)8;4*1-2-3(4)5;2*1-3-2;;/h1-2H2,(H,5,6)(H,7,8);4*2H2,1H3,(H,4,5);2*3H,1-2H3;;/q;;;;;;;2*+3/p-6. The minimum absolute atomic E-state index is 0.0177. The van der Waals surface area contributed by atoms with Gasteiger partial charge in [0.15, 0.2) is 0 Å². The summed E-state index contributed by atoms with van der Waals surface area (Å²) in [4.78, 5) is 73.3. The summed E-state index contributed by atoms with van der Waals surface area (Å²) in [6.45, 7) is 12.6. The zero-order valence-electron chi connectivity index (χ0n) is 22.3. The molecule has 0 fully saturated rings. The molecule has 0 saturated heterocycles. The van der Waals surface area contributed by atoms with Crippen molar-refractivity contribution in [1.29, 1.82) is 0 Å². The third-order valence-corrected chi connectivity index (χ3v) is 21.5. The molecule has 0 aliphatic heterocycles.